The Labute approximate surface area is 189 Å². The van der Waals surface area contributed by atoms with Gasteiger partial charge in [-0.25, -0.2) is 4.79 Å². The zero-order valence-electron chi connectivity index (χ0n) is 17.5. The maximum Gasteiger partial charge on any atom is 0.407 e. The van der Waals surface area contributed by atoms with E-state index >= 15 is 0 Å². The summed E-state index contributed by atoms with van der Waals surface area (Å²) in [5.41, 5.74) is 4.66. The van der Waals surface area contributed by atoms with Gasteiger partial charge in [0.1, 0.15) is 6.61 Å². The molecule has 0 aromatic heterocycles. The lowest BCUT2D eigenvalue weighted by Gasteiger charge is -2.30. The molecule has 1 atom stereocenters. The molecular weight excluding hydrogens is 416 g/mol. The number of amides is 1. The number of carboxylic acids is 1. The van der Waals surface area contributed by atoms with Crippen molar-refractivity contribution in [2.45, 2.75) is 37.6 Å². The molecular formula is C24H29ClN2O4. The van der Waals surface area contributed by atoms with Crippen LogP contribution < -0.4 is 5.32 Å². The van der Waals surface area contributed by atoms with Crippen LogP contribution in [-0.2, 0) is 9.53 Å². The largest absolute Gasteiger partial charge is 0.481 e. The molecule has 1 aliphatic heterocycles. The van der Waals surface area contributed by atoms with E-state index in [1.54, 1.807) is 0 Å². The molecule has 0 unspecified atom stereocenters. The monoisotopic (exact) mass is 444 g/mol. The van der Waals surface area contributed by atoms with Gasteiger partial charge in [0.2, 0.25) is 0 Å². The number of nitrogens with one attached hydrogen (secondary N) is 1. The van der Waals surface area contributed by atoms with Crippen LogP contribution in [0.15, 0.2) is 48.5 Å². The number of carbonyl (C=O) groups is 2. The number of rotatable bonds is 7. The van der Waals surface area contributed by atoms with E-state index in [1.807, 2.05) is 24.3 Å². The van der Waals surface area contributed by atoms with E-state index in [9.17, 15) is 14.7 Å². The molecule has 4 rings (SSSR count). The van der Waals surface area contributed by atoms with E-state index in [4.69, 9.17) is 4.74 Å². The number of alkyl carbamates (subject to hydrolysis) is 1. The van der Waals surface area contributed by atoms with Crippen molar-refractivity contribution in [3.63, 3.8) is 0 Å². The average molecular weight is 445 g/mol. The molecule has 1 aliphatic carbocycles. The van der Waals surface area contributed by atoms with Crippen molar-refractivity contribution >= 4 is 24.5 Å². The molecule has 6 nitrogen and oxygen atoms in total. The first-order valence-electron chi connectivity index (χ1n) is 10.7. The van der Waals surface area contributed by atoms with Crippen LogP contribution in [0.4, 0.5) is 4.79 Å². The number of piperidine rings is 1. The van der Waals surface area contributed by atoms with Crippen molar-refractivity contribution in [2.24, 2.45) is 0 Å². The van der Waals surface area contributed by atoms with Crippen LogP contribution >= 0.6 is 12.4 Å². The summed E-state index contributed by atoms with van der Waals surface area (Å²) < 4.78 is 5.58. The molecule has 1 heterocycles. The highest BCUT2D eigenvalue weighted by molar-refractivity contribution is 5.85. The van der Waals surface area contributed by atoms with Gasteiger partial charge in [0, 0.05) is 12.5 Å². The zero-order valence-corrected chi connectivity index (χ0v) is 18.3. The van der Waals surface area contributed by atoms with Crippen molar-refractivity contribution < 1.29 is 19.4 Å². The normalized spacial score (nSPS) is 16.5. The second-order valence-corrected chi connectivity index (χ2v) is 8.13. The lowest BCUT2D eigenvalue weighted by Crippen LogP contribution is -2.46. The minimum absolute atomic E-state index is 0. The summed E-state index contributed by atoms with van der Waals surface area (Å²) in [5.74, 6) is -0.931. The van der Waals surface area contributed by atoms with Gasteiger partial charge in [-0.15, -0.1) is 12.4 Å². The Morgan fingerprint density at radius 2 is 1.58 bits per heavy atom. The third-order valence-corrected chi connectivity index (χ3v) is 6.01. The van der Waals surface area contributed by atoms with E-state index < -0.39 is 18.1 Å². The van der Waals surface area contributed by atoms with Crippen LogP contribution in [0.3, 0.4) is 0 Å². The van der Waals surface area contributed by atoms with E-state index in [0.29, 0.717) is 6.54 Å². The van der Waals surface area contributed by atoms with Crippen LogP contribution in [0.25, 0.3) is 11.1 Å². The van der Waals surface area contributed by atoms with Crippen LogP contribution in [0.5, 0.6) is 0 Å². The van der Waals surface area contributed by atoms with Crippen molar-refractivity contribution in [3.05, 3.63) is 59.7 Å². The number of likely N-dealkylation sites (tertiary alicyclic amines) is 1. The van der Waals surface area contributed by atoms with Gasteiger partial charge in [0.05, 0.1) is 12.5 Å². The third-order valence-electron chi connectivity index (χ3n) is 6.01. The maximum absolute atomic E-state index is 12.5. The summed E-state index contributed by atoms with van der Waals surface area (Å²) in [6, 6.07) is 15.9. The number of carbonyl (C=O) groups excluding carboxylic acids is 1. The minimum atomic E-state index is -0.920. The Bertz CT molecular complexity index is 868. The Morgan fingerprint density at radius 3 is 2.16 bits per heavy atom. The van der Waals surface area contributed by atoms with Crippen molar-refractivity contribution in [1.82, 2.24) is 10.2 Å². The fourth-order valence-electron chi connectivity index (χ4n) is 4.63. The number of carboxylic acid groups (broad SMARTS) is 1. The van der Waals surface area contributed by atoms with Gasteiger partial charge >= 0.3 is 12.1 Å². The van der Waals surface area contributed by atoms with Crippen LogP contribution in [-0.4, -0.2) is 54.4 Å². The highest BCUT2D eigenvalue weighted by Crippen LogP contribution is 2.44. The number of halogens is 1. The molecule has 7 heteroatoms. The van der Waals surface area contributed by atoms with E-state index in [-0.39, 0.29) is 31.4 Å². The summed E-state index contributed by atoms with van der Waals surface area (Å²) in [4.78, 5) is 26.0. The Kier molecular flexibility index (Phi) is 7.93. The predicted octanol–water partition coefficient (Wildman–Crippen LogP) is 4.28. The molecule has 2 aromatic carbocycles. The number of nitrogens with zero attached hydrogens (tertiary/aromatic N) is 1. The van der Waals surface area contributed by atoms with Gasteiger partial charge in [-0.05, 0) is 48.2 Å². The fraction of sp³-hybridized carbons (Fsp3) is 0.417. The molecule has 0 saturated carbocycles. The maximum atomic E-state index is 12.5. The molecule has 1 fully saturated rings. The summed E-state index contributed by atoms with van der Waals surface area (Å²) in [6.07, 6.45) is 2.77. The Hall–Kier alpha value is -2.57. The molecule has 0 spiro atoms. The first kappa shape index (κ1) is 23.1. The number of fused-ring (bicyclic) bond motifs is 3. The number of hydrogen-bond acceptors (Lipinski definition) is 4. The lowest BCUT2D eigenvalue weighted by atomic mass is 9.98. The minimum Gasteiger partial charge on any atom is -0.481 e. The van der Waals surface area contributed by atoms with Crippen molar-refractivity contribution in [3.8, 4) is 11.1 Å². The van der Waals surface area contributed by atoms with Gasteiger partial charge in [0.15, 0.2) is 0 Å². The predicted molar refractivity (Wildman–Crippen MR) is 122 cm³/mol. The molecule has 2 aliphatic rings. The first-order chi connectivity index (χ1) is 14.6. The Morgan fingerprint density at radius 1 is 1.00 bits per heavy atom. The number of aliphatic carboxylic acids is 1. The van der Waals surface area contributed by atoms with Gasteiger partial charge in [-0.2, -0.15) is 0 Å². The summed E-state index contributed by atoms with van der Waals surface area (Å²) in [6.45, 7) is 2.66. The number of ether oxygens (including phenoxy) is 1. The highest BCUT2D eigenvalue weighted by atomic mass is 35.5. The SMILES string of the molecule is Cl.O=C(O)C[C@@H](CN1CCCCC1)NC(=O)OCC1c2ccccc2-c2ccccc21. The second kappa shape index (κ2) is 10.6. The van der Waals surface area contributed by atoms with Crippen LogP contribution in [0.1, 0.15) is 42.7 Å². The highest BCUT2D eigenvalue weighted by Gasteiger charge is 2.29. The molecule has 0 radical (unpaired) electrons. The molecule has 1 saturated heterocycles. The summed E-state index contributed by atoms with van der Waals surface area (Å²) in [7, 11) is 0. The molecule has 1 amide bonds. The summed E-state index contributed by atoms with van der Waals surface area (Å²) >= 11 is 0. The van der Waals surface area contributed by atoms with E-state index in [2.05, 4.69) is 34.5 Å². The zero-order chi connectivity index (χ0) is 20.9. The topological polar surface area (TPSA) is 78.9 Å². The van der Waals surface area contributed by atoms with Gasteiger partial charge in [0.25, 0.3) is 0 Å². The van der Waals surface area contributed by atoms with Crippen LogP contribution in [0, 0.1) is 0 Å². The summed E-state index contributed by atoms with van der Waals surface area (Å²) in [5, 5.41) is 12.0. The van der Waals surface area contributed by atoms with Gasteiger partial charge in [-0.3, -0.25) is 4.79 Å². The standard InChI is InChI=1S/C24H28N2O4.ClH/c27-23(28)14-17(15-26-12-6-1-7-13-26)25-24(29)30-16-22-20-10-4-2-8-18(20)19-9-3-5-11-21(19)22;/h2-5,8-11,17,22H,1,6-7,12-16H2,(H,25,29)(H,27,28);1H/t17-;/m0./s1. The van der Waals surface area contributed by atoms with Crippen molar-refractivity contribution in [2.75, 3.05) is 26.2 Å². The van der Waals surface area contributed by atoms with Gasteiger partial charge < -0.3 is 20.1 Å². The van der Waals surface area contributed by atoms with E-state index in [1.165, 1.54) is 17.5 Å². The molecule has 2 aromatic rings. The molecule has 0 bridgehead atoms. The molecule has 31 heavy (non-hydrogen) atoms. The Balaban J connectivity index is 0.00000272. The van der Waals surface area contributed by atoms with Crippen LogP contribution in [0.2, 0.25) is 0 Å². The second-order valence-electron chi connectivity index (χ2n) is 8.13. The third kappa shape index (κ3) is 5.57. The number of benzene rings is 2. The average Bonchev–Trinajstić information content (AvgIpc) is 3.06. The van der Waals surface area contributed by atoms with Gasteiger partial charge in [-0.1, -0.05) is 55.0 Å². The fourth-order valence-corrected chi connectivity index (χ4v) is 4.63. The molecule has 166 valence electrons. The first-order valence-corrected chi connectivity index (χ1v) is 10.7. The lowest BCUT2D eigenvalue weighted by molar-refractivity contribution is -0.137. The smallest absolute Gasteiger partial charge is 0.407 e. The quantitative estimate of drug-likeness (QED) is 0.666. The van der Waals surface area contributed by atoms with Crippen molar-refractivity contribution in [1.29, 1.82) is 0 Å². The molecule has 2 N–H and O–H groups in total. The van der Waals surface area contributed by atoms with E-state index in [0.717, 1.165) is 37.1 Å². The number of hydrogen-bond donors (Lipinski definition) is 2.